The molecule has 0 fully saturated rings. The number of benzene rings is 2. The molecule has 4 nitrogen and oxygen atoms in total. The number of hydrogen-bond acceptors (Lipinski definition) is 3. The molecule has 0 amide bonds. The van der Waals surface area contributed by atoms with E-state index in [1.54, 1.807) is 18.2 Å². The highest BCUT2D eigenvalue weighted by Crippen LogP contribution is 2.26. The zero-order valence-electron chi connectivity index (χ0n) is 9.79. The molecule has 0 aliphatic heterocycles. The van der Waals surface area contributed by atoms with Crippen LogP contribution >= 0.6 is 0 Å². The zero-order chi connectivity index (χ0) is 13.1. The van der Waals surface area contributed by atoms with E-state index < -0.39 is 4.92 Å². The molecule has 4 heteroatoms. The quantitative estimate of drug-likeness (QED) is 0.470. The minimum atomic E-state index is -0.444. The molecule has 0 atom stereocenters. The van der Waals surface area contributed by atoms with Crippen molar-refractivity contribution in [2.45, 2.75) is 6.92 Å². The van der Waals surface area contributed by atoms with Gasteiger partial charge in [-0.3, -0.25) is 14.9 Å². The maximum atomic E-state index is 11.0. The second-order valence-electron chi connectivity index (χ2n) is 4.01. The second-order valence-corrected chi connectivity index (χ2v) is 4.01. The zero-order valence-corrected chi connectivity index (χ0v) is 9.79. The summed E-state index contributed by atoms with van der Waals surface area (Å²) in [6.45, 7) is 1.93. The van der Waals surface area contributed by atoms with Gasteiger partial charge in [-0.15, -0.1) is 0 Å². The normalized spacial score (nSPS) is 10.1. The average molecular weight is 241 g/mol. The van der Waals surface area contributed by atoms with Crippen molar-refractivity contribution in [3.8, 4) is 11.1 Å². The molecule has 0 aromatic heterocycles. The highest BCUT2D eigenvalue weighted by Gasteiger charge is 2.08. The Labute approximate surface area is 104 Å². The molecule has 0 radical (unpaired) electrons. The van der Waals surface area contributed by atoms with E-state index in [2.05, 4.69) is 0 Å². The molecule has 90 valence electrons. The lowest BCUT2D eigenvalue weighted by Gasteiger charge is -2.06. The predicted molar refractivity (Wildman–Crippen MR) is 68.7 cm³/mol. The summed E-state index contributed by atoms with van der Waals surface area (Å²) in [5.74, 6) is 0. The summed E-state index contributed by atoms with van der Waals surface area (Å²) in [6, 6.07) is 11.7. The Bertz CT molecular complexity index is 603. The Hall–Kier alpha value is -2.49. The molecular formula is C14H11NO3. The van der Waals surface area contributed by atoms with Crippen LogP contribution in [-0.2, 0) is 0 Å². The lowest BCUT2D eigenvalue weighted by atomic mass is 9.98. The largest absolute Gasteiger partial charge is 0.298 e. The highest BCUT2D eigenvalue weighted by molar-refractivity contribution is 5.87. The molecule has 2 rings (SSSR count). The lowest BCUT2D eigenvalue weighted by molar-refractivity contribution is -0.384. The molecule has 0 unspecified atom stereocenters. The van der Waals surface area contributed by atoms with E-state index in [4.69, 9.17) is 0 Å². The SMILES string of the molecule is Cc1ccc(C=O)c(-c2ccc([N+](=O)[O-])cc2)c1. The summed E-state index contributed by atoms with van der Waals surface area (Å²) in [5.41, 5.74) is 3.24. The first-order valence-corrected chi connectivity index (χ1v) is 5.42. The van der Waals surface area contributed by atoms with E-state index in [0.29, 0.717) is 5.56 Å². The van der Waals surface area contributed by atoms with Crippen molar-refractivity contribution in [3.63, 3.8) is 0 Å². The molecule has 2 aromatic carbocycles. The Balaban J connectivity index is 2.51. The summed E-state index contributed by atoms with van der Waals surface area (Å²) in [5, 5.41) is 10.6. The smallest absolute Gasteiger partial charge is 0.269 e. The van der Waals surface area contributed by atoms with Gasteiger partial charge in [0.1, 0.15) is 0 Å². The topological polar surface area (TPSA) is 60.2 Å². The number of nitro groups is 1. The standard InChI is InChI=1S/C14H11NO3/c1-10-2-3-12(9-16)14(8-10)11-4-6-13(7-5-11)15(17)18/h2-9H,1H3. The van der Waals surface area contributed by atoms with Crippen molar-refractivity contribution >= 4 is 12.0 Å². The van der Waals surface area contributed by atoms with Crippen molar-refractivity contribution < 1.29 is 9.72 Å². The molecule has 2 aromatic rings. The third-order valence-corrected chi connectivity index (χ3v) is 2.72. The number of hydrogen-bond donors (Lipinski definition) is 0. The third-order valence-electron chi connectivity index (χ3n) is 2.72. The van der Waals surface area contributed by atoms with E-state index >= 15 is 0 Å². The first-order chi connectivity index (χ1) is 8.61. The maximum Gasteiger partial charge on any atom is 0.269 e. The molecule has 0 aliphatic carbocycles. The summed E-state index contributed by atoms with van der Waals surface area (Å²) in [7, 11) is 0. The Morgan fingerprint density at radius 2 is 1.78 bits per heavy atom. The second kappa shape index (κ2) is 4.79. The van der Waals surface area contributed by atoms with E-state index in [0.717, 1.165) is 23.0 Å². The minimum Gasteiger partial charge on any atom is -0.298 e. The van der Waals surface area contributed by atoms with Gasteiger partial charge in [0.25, 0.3) is 5.69 Å². The summed E-state index contributed by atoms with van der Waals surface area (Å²) in [4.78, 5) is 21.1. The van der Waals surface area contributed by atoms with Crippen LogP contribution in [0.5, 0.6) is 0 Å². The van der Waals surface area contributed by atoms with Gasteiger partial charge in [-0.05, 0) is 30.2 Å². The Morgan fingerprint density at radius 3 is 2.33 bits per heavy atom. The van der Waals surface area contributed by atoms with Crippen LogP contribution in [-0.4, -0.2) is 11.2 Å². The van der Waals surface area contributed by atoms with Gasteiger partial charge in [-0.2, -0.15) is 0 Å². The summed E-state index contributed by atoms with van der Waals surface area (Å²) < 4.78 is 0. The molecule has 0 N–H and O–H groups in total. The van der Waals surface area contributed by atoms with Crippen LogP contribution in [0.4, 0.5) is 5.69 Å². The third kappa shape index (κ3) is 2.27. The van der Waals surface area contributed by atoms with Gasteiger partial charge in [0, 0.05) is 17.7 Å². The van der Waals surface area contributed by atoms with Crippen molar-refractivity contribution in [2.75, 3.05) is 0 Å². The van der Waals surface area contributed by atoms with Crippen molar-refractivity contribution in [3.05, 3.63) is 63.7 Å². The lowest BCUT2D eigenvalue weighted by Crippen LogP contribution is -1.90. The van der Waals surface area contributed by atoms with Gasteiger partial charge in [-0.1, -0.05) is 23.8 Å². The fourth-order valence-electron chi connectivity index (χ4n) is 1.79. The number of nitro benzene ring substituents is 1. The predicted octanol–water partition coefficient (Wildman–Crippen LogP) is 3.38. The number of carbonyl (C=O) groups excluding carboxylic acids is 1. The number of carbonyl (C=O) groups is 1. The van der Waals surface area contributed by atoms with Gasteiger partial charge < -0.3 is 0 Å². The molecule has 0 saturated heterocycles. The van der Waals surface area contributed by atoms with Crippen molar-refractivity contribution in [2.24, 2.45) is 0 Å². The van der Waals surface area contributed by atoms with Crippen LogP contribution in [0.3, 0.4) is 0 Å². The van der Waals surface area contributed by atoms with Crippen LogP contribution in [0.2, 0.25) is 0 Å². The van der Waals surface area contributed by atoms with Crippen LogP contribution < -0.4 is 0 Å². The number of non-ortho nitro benzene ring substituents is 1. The number of aryl methyl sites for hydroxylation is 1. The summed E-state index contributed by atoms with van der Waals surface area (Å²) in [6.07, 6.45) is 0.788. The first kappa shape index (κ1) is 12.0. The average Bonchev–Trinajstić information content (AvgIpc) is 2.39. The fraction of sp³-hybridized carbons (Fsp3) is 0.0714. The van der Waals surface area contributed by atoms with Crippen LogP contribution in [0.15, 0.2) is 42.5 Å². The van der Waals surface area contributed by atoms with E-state index in [1.165, 1.54) is 12.1 Å². The molecule has 18 heavy (non-hydrogen) atoms. The monoisotopic (exact) mass is 241 g/mol. The molecular weight excluding hydrogens is 230 g/mol. The first-order valence-electron chi connectivity index (χ1n) is 5.42. The van der Waals surface area contributed by atoms with Gasteiger partial charge in [-0.25, -0.2) is 0 Å². The van der Waals surface area contributed by atoms with Crippen molar-refractivity contribution in [1.82, 2.24) is 0 Å². The van der Waals surface area contributed by atoms with E-state index in [9.17, 15) is 14.9 Å². The maximum absolute atomic E-state index is 11.0. The van der Waals surface area contributed by atoms with E-state index in [-0.39, 0.29) is 5.69 Å². The molecule has 0 heterocycles. The number of nitrogens with zero attached hydrogens (tertiary/aromatic N) is 1. The molecule has 0 aliphatic rings. The Morgan fingerprint density at radius 1 is 1.11 bits per heavy atom. The Kier molecular flexibility index (Phi) is 3.19. The highest BCUT2D eigenvalue weighted by atomic mass is 16.6. The number of rotatable bonds is 3. The van der Waals surface area contributed by atoms with Crippen LogP contribution in [0.25, 0.3) is 11.1 Å². The number of aldehydes is 1. The fourth-order valence-corrected chi connectivity index (χ4v) is 1.79. The molecule has 0 spiro atoms. The van der Waals surface area contributed by atoms with Gasteiger partial charge >= 0.3 is 0 Å². The van der Waals surface area contributed by atoms with Crippen LogP contribution in [0, 0.1) is 17.0 Å². The minimum absolute atomic E-state index is 0.0408. The van der Waals surface area contributed by atoms with Crippen molar-refractivity contribution in [1.29, 1.82) is 0 Å². The van der Waals surface area contributed by atoms with Crippen LogP contribution in [0.1, 0.15) is 15.9 Å². The van der Waals surface area contributed by atoms with Gasteiger partial charge in [0.2, 0.25) is 0 Å². The van der Waals surface area contributed by atoms with Gasteiger partial charge in [0.15, 0.2) is 6.29 Å². The molecule has 0 bridgehead atoms. The molecule has 0 saturated carbocycles. The van der Waals surface area contributed by atoms with Gasteiger partial charge in [0.05, 0.1) is 4.92 Å². The summed E-state index contributed by atoms with van der Waals surface area (Å²) >= 11 is 0. The van der Waals surface area contributed by atoms with E-state index in [1.807, 2.05) is 19.1 Å².